The van der Waals surface area contributed by atoms with Gasteiger partial charge in [-0.15, -0.1) is 0 Å². The molecule has 0 aliphatic carbocycles. The van der Waals surface area contributed by atoms with E-state index in [1.54, 1.807) is 27.3 Å². The van der Waals surface area contributed by atoms with Crippen LogP contribution in [0.4, 0.5) is 0 Å². The SMILES string of the molecule is COc1ccc(C(OC[C@H]2O[C@@H](n3cc(C)c(=O)[nH]c3=O)C[C@H]2O[Si](C)(C)C(C)(C)C)(c2ccccc2)c2ccc(OC)cc2)cc1. The van der Waals surface area contributed by atoms with Gasteiger partial charge in [0.25, 0.3) is 5.56 Å². The Bertz CT molecular complexity index is 1710. The summed E-state index contributed by atoms with van der Waals surface area (Å²) >= 11 is 0. The predicted molar refractivity (Wildman–Crippen MR) is 185 cm³/mol. The molecule has 9 nitrogen and oxygen atoms in total. The highest BCUT2D eigenvalue weighted by Gasteiger charge is 2.47. The van der Waals surface area contributed by atoms with Crippen LogP contribution < -0.4 is 20.7 Å². The Morgan fingerprint density at radius 3 is 1.89 bits per heavy atom. The third kappa shape index (κ3) is 7.01. The summed E-state index contributed by atoms with van der Waals surface area (Å²) in [5.74, 6) is 1.47. The zero-order chi connectivity index (χ0) is 34.0. The number of hydrogen-bond acceptors (Lipinski definition) is 7. The van der Waals surface area contributed by atoms with Gasteiger partial charge in [-0.3, -0.25) is 14.3 Å². The van der Waals surface area contributed by atoms with Gasteiger partial charge < -0.3 is 23.4 Å². The molecule has 0 unspecified atom stereocenters. The van der Waals surface area contributed by atoms with E-state index in [-0.39, 0.29) is 17.7 Å². The van der Waals surface area contributed by atoms with E-state index in [2.05, 4.69) is 51.0 Å². The molecule has 1 saturated heterocycles. The highest BCUT2D eigenvalue weighted by Crippen LogP contribution is 2.44. The van der Waals surface area contributed by atoms with Crippen molar-refractivity contribution in [1.82, 2.24) is 9.55 Å². The zero-order valence-electron chi connectivity index (χ0n) is 28.5. The number of rotatable bonds is 11. The molecule has 47 heavy (non-hydrogen) atoms. The van der Waals surface area contributed by atoms with E-state index in [0.717, 1.165) is 28.2 Å². The van der Waals surface area contributed by atoms with Crippen molar-refractivity contribution in [3.05, 3.63) is 128 Å². The lowest BCUT2D eigenvalue weighted by atomic mass is 9.80. The Morgan fingerprint density at radius 1 is 0.851 bits per heavy atom. The highest BCUT2D eigenvalue weighted by molar-refractivity contribution is 6.74. The maximum atomic E-state index is 13.0. The van der Waals surface area contributed by atoms with Crippen LogP contribution in [0.3, 0.4) is 0 Å². The third-order valence-electron chi connectivity index (χ3n) is 9.53. The summed E-state index contributed by atoms with van der Waals surface area (Å²) in [6.07, 6.45) is 0.458. The molecule has 1 N–H and O–H groups in total. The average Bonchev–Trinajstić information content (AvgIpc) is 3.45. The molecule has 10 heteroatoms. The van der Waals surface area contributed by atoms with Crippen LogP contribution in [0.15, 0.2) is 94.6 Å². The first kappa shape index (κ1) is 34.4. The fourth-order valence-electron chi connectivity index (χ4n) is 5.78. The lowest BCUT2D eigenvalue weighted by Gasteiger charge is -2.40. The number of benzene rings is 3. The van der Waals surface area contributed by atoms with E-state index >= 15 is 0 Å². The maximum absolute atomic E-state index is 13.0. The Labute approximate surface area is 277 Å². The summed E-state index contributed by atoms with van der Waals surface area (Å²) in [6, 6.07) is 25.8. The second-order valence-corrected chi connectivity index (χ2v) is 18.3. The second kappa shape index (κ2) is 13.6. The van der Waals surface area contributed by atoms with E-state index in [1.165, 1.54) is 4.57 Å². The van der Waals surface area contributed by atoms with Gasteiger partial charge in [-0.05, 0) is 66.0 Å². The van der Waals surface area contributed by atoms with Gasteiger partial charge in [0.1, 0.15) is 29.4 Å². The number of aromatic nitrogens is 2. The summed E-state index contributed by atoms with van der Waals surface area (Å²) < 4.78 is 33.2. The number of hydrogen-bond donors (Lipinski definition) is 1. The molecule has 4 aromatic rings. The Balaban J connectivity index is 1.60. The van der Waals surface area contributed by atoms with E-state index in [1.807, 2.05) is 66.7 Å². The standard InChI is InChI=1S/C37H46N2O7Si/c1-25-23-39(35(41)38-34(25)40)33-22-31(46-47(7,8)36(2,3)4)32(45-33)24-44-37(26-12-10-9-11-13-26,27-14-18-29(42-5)19-15-27)28-16-20-30(43-6)21-17-28/h9-21,23,31-33H,22,24H2,1-8H3,(H,38,40,41)/t31-,32-,33-/m1/s1. The molecule has 2 heterocycles. The number of nitrogens with zero attached hydrogens (tertiary/aromatic N) is 1. The average molecular weight is 659 g/mol. The molecule has 5 rings (SSSR count). The zero-order valence-corrected chi connectivity index (χ0v) is 29.5. The van der Waals surface area contributed by atoms with Crippen molar-refractivity contribution in [2.45, 2.75) is 76.3 Å². The summed E-state index contributed by atoms with van der Waals surface area (Å²) in [7, 11) is 1.02. The van der Waals surface area contributed by atoms with Crippen LogP contribution in [0.5, 0.6) is 11.5 Å². The summed E-state index contributed by atoms with van der Waals surface area (Å²) in [4.78, 5) is 27.5. The monoisotopic (exact) mass is 658 g/mol. The molecule has 1 fully saturated rings. The van der Waals surface area contributed by atoms with Gasteiger partial charge in [0.15, 0.2) is 8.32 Å². The van der Waals surface area contributed by atoms with Crippen LogP contribution in [0.2, 0.25) is 18.1 Å². The number of methoxy groups -OCH3 is 2. The van der Waals surface area contributed by atoms with E-state index in [0.29, 0.717) is 12.0 Å². The molecule has 0 bridgehead atoms. The van der Waals surface area contributed by atoms with E-state index in [4.69, 9.17) is 23.4 Å². The Hall–Kier alpha value is -3.96. The minimum atomic E-state index is -2.27. The molecule has 250 valence electrons. The lowest BCUT2D eigenvalue weighted by molar-refractivity contribution is -0.0928. The summed E-state index contributed by atoms with van der Waals surface area (Å²) in [5.41, 5.74) is 1.18. The molecule has 0 radical (unpaired) electrons. The van der Waals surface area contributed by atoms with Crippen LogP contribution in [0.1, 0.15) is 55.7 Å². The predicted octanol–water partition coefficient (Wildman–Crippen LogP) is 6.55. The molecule has 1 aliphatic rings. The first-order valence-electron chi connectivity index (χ1n) is 15.9. The van der Waals surface area contributed by atoms with Gasteiger partial charge in [-0.25, -0.2) is 4.79 Å². The quantitative estimate of drug-likeness (QED) is 0.144. The molecule has 3 aromatic carbocycles. The lowest BCUT2D eigenvalue weighted by Crippen LogP contribution is -2.47. The smallest absolute Gasteiger partial charge is 0.330 e. The van der Waals surface area contributed by atoms with E-state index < -0.39 is 37.5 Å². The minimum absolute atomic E-state index is 0.0537. The molecular weight excluding hydrogens is 613 g/mol. The van der Waals surface area contributed by atoms with Crippen molar-refractivity contribution >= 4 is 8.32 Å². The van der Waals surface area contributed by atoms with Crippen LogP contribution in [-0.2, 0) is 19.5 Å². The molecule has 1 aromatic heterocycles. The van der Waals surface area contributed by atoms with Gasteiger partial charge in [0.05, 0.1) is 26.9 Å². The Morgan fingerprint density at radius 2 is 1.38 bits per heavy atom. The van der Waals surface area contributed by atoms with Gasteiger partial charge in [0, 0.05) is 18.2 Å². The van der Waals surface area contributed by atoms with Crippen molar-refractivity contribution in [2.24, 2.45) is 0 Å². The normalized spacial score (nSPS) is 18.7. The van der Waals surface area contributed by atoms with E-state index in [9.17, 15) is 9.59 Å². The maximum Gasteiger partial charge on any atom is 0.330 e. The molecule has 1 aliphatic heterocycles. The fourth-order valence-corrected chi connectivity index (χ4v) is 7.14. The van der Waals surface area contributed by atoms with Gasteiger partial charge in [-0.2, -0.15) is 0 Å². The molecule has 3 atom stereocenters. The third-order valence-corrected chi connectivity index (χ3v) is 14.0. The van der Waals surface area contributed by atoms with Crippen molar-refractivity contribution in [2.75, 3.05) is 20.8 Å². The summed E-state index contributed by atoms with van der Waals surface area (Å²) in [6.45, 7) is 12.8. The van der Waals surface area contributed by atoms with Crippen molar-refractivity contribution in [1.29, 1.82) is 0 Å². The van der Waals surface area contributed by atoms with Gasteiger partial charge in [-0.1, -0.05) is 75.4 Å². The number of aryl methyl sites for hydroxylation is 1. The van der Waals surface area contributed by atoms with Crippen LogP contribution in [0.25, 0.3) is 0 Å². The van der Waals surface area contributed by atoms with Crippen LogP contribution in [-0.4, -0.2) is 50.9 Å². The highest BCUT2D eigenvalue weighted by atomic mass is 28.4. The first-order chi connectivity index (χ1) is 22.3. The largest absolute Gasteiger partial charge is 0.497 e. The van der Waals surface area contributed by atoms with Gasteiger partial charge >= 0.3 is 5.69 Å². The number of ether oxygens (including phenoxy) is 4. The van der Waals surface area contributed by atoms with Crippen LogP contribution in [0, 0.1) is 6.92 Å². The summed E-state index contributed by atoms with van der Waals surface area (Å²) in [5, 5.41) is -0.0537. The van der Waals surface area contributed by atoms with Crippen molar-refractivity contribution in [3.8, 4) is 11.5 Å². The first-order valence-corrected chi connectivity index (χ1v) is 18.8. The van der Waals surface area contributed by atoms with Crippen LogP contribution >= 0.6 is 0 Å². The number of H-pyrrole nitrogens is 1. The molecule has 0 saturated carbocycles. The molecule has 0 amide bonds. The second-order valence-electron chi connectivity index (χ2n) is 13.6. The topological polar surface area (TPSA) is 101 Å². The number of aromatic amines is 1. The minimum Gasteiger partial charge on any atom is -0.497 e. The van der Waals surface area contributed by atoms with Crippen molar-refractivity contribution < 1.29 is 23.4 Å². The molecule has 0 spiro atoms. The number of nitrogens with one attached hydrogen (secondary N) is 1. The molecular formula is C37H46N2O7Si. The Kier molecular flexibility index (Phi) is 9.98. The van der Waals surface area contributed by atoms with Gasteiger partial charge in [0.2, 0.25) is 0 Å². The fraction of sp³-hybridized carbons (Fsp3) is 0.405. The van der Waals surface area contributed by atoms with Crippen molar-refractivity contribution in [3.63, 3.8) is 0 Å².